The molecule has 9 aromatic carbocycles. The normalized spacial score (nSPS) is 14.5. The van der Waals surface area contributed by atoms with E-state index in [0.29, 0.717) is 0 Å². The number of hydrogen-bond acceptors (Lipinski definition) is 1. The molecule has 0 atom stereocenters. The molecule has 3 heterocycles. The number of hydrogen-bond donors (Lipinski definition) is 0. The standard InChI is InChI=1S/C56H42N2/c1-55(2)48-19-12-20-49-54(48)58-52-46(31-41(33-50(52)55)35-13-6-5-7-14-35)47-32-42(34-51(53(47)58)56(49,3)4)38-21-25-43(26-22-38)57(44-27-23-36-15-8-10-17-39(36)29-44)45-28-24-37-16-9-11-18-40(37)30-45/h5-34H,1-4H3. The van der Waals surface area contributed by atoms with Crippen LogP contribution in [0.15, 0.2) is 182 Å². The van der Waals surface area contributed by atoms with Crippen molar-refractivity contribution in [2.45, 2.75) is 38.5 Å². The maximum absolute atomic E-state index is 2.63. The number of rotatable bonds is 5. The Kier molecular flexibility index (Phi) is 6.78. The van der Waals surface area contributed by atoms with E-state index in [-0.39, 0.29) is 10.8 Å². The van der Waals surface area contributed by atoms with Crippen LogP contribution in [0.2, 0.25) is 0 Å². The summed E-state index contributed by atoms with van der Waals surface area (Å²) >= 11 is 0. The maximum Gasteiger partial charge on any atom is 0.0582 e. The number of aromatic nitrogens is 1. The topological polar surface area (TPSA) is 8.17 Å². The monoisotopic (exact) mass is 742 g/mol. The number of para-hydroxylation sites is 1. The Balaban J connectivity index is 1.07. The molecule has 12 rings (SSSR count). The zero-order valence-corrected chi connectivity index (χ0v) is 33.2. The molecule has 0 bridgehead atoms. The van der Waals surface area contributed by atoms with Gasteiger partial charge < -0.3 is 9.47 Å². The molecule has 0 unspecified atom stereocenters. The quantitative estimate of drug-likeness (QED) is 0.170. The highest BCUT2D eigenvalue weighted by Gasteiger charge is 2.43. The van der Waals surface area contributed by atoms with Gasteiger partial charge in [0.25, 0.3) is 0 Å². The summed E-state index contributed by atoms with van der Waals surface area (Å²) in [7, 11) is 0. The summed E-state index contributed by atoms with van der Waals surface area (Å²) in [6.45, 7) is 9.69. The second-order valence-corrected chi connectivity index (χ2v) is 17.4. The number of benzene rings is 9. The van der Waals surface area contributed by atoms with Crippen LogP contribution < -0.4 is 4.90 Å². The van der Waals surface area contributed by atoms with Crippen LogP contribution in [-0.2, 0) is 10.8 Å². The van der Waals surface area contributed by atoms with Crippen LogP contribution in [0.3, 0.4) is 0 Å². The maximum atomic E-state index is 2.63. The molecule has 276 valence electrons. The predicted octanol–water partition coefficient (Wildman–Crippen LogP) is 15.2. The molecule has 0 radical (unpaired) electrons. The van der Waals surface area contributed by atoms with E-state index in [2.05, 4.69) is 219 Å². The second kappa shape index (κ2) is 11.8. The number of anilines is 3. The van der Waals surface area contributed by atoms with Crippen LogP contribution in [0.4, 0.5) is 17.1 Å². The van der Waals surface area contributed by atoms with E-state index in [1.807, 2.05) is 0 Å². The van der Waals surface area contributed by atoms with Gasteiger partial charge in [0.05, 0.1) is 16.7 Å². The molecule has 0 N–H and O–H groups in total. The Hall–Kier alpha value is -6.90. The van der Waals surface area contributed by atoms with Gasteiger partial charge in [0.1, 0.15) is 0 Å². The summed E-state index contributed by atoms with van der Waals surface area (Å²) in [6, 6.07) is 67.8. The summed E-state index contributed by atoms with van der Waals surface area (Å²) < 4.78 is 2.63. The van der Waals surface area contributed by atoms with Crippen molar-refractivity contribution < 1.29 is 0 Å². The lowest BCUT2D eigenvalue weighted by molar-refractivity contribution is 0.594. The summed E-state index contributed by atoms with van der Waals surface area (Å²) in [5.74, 6) is 0. The molecule has 10 aromatic rings. The van der Waals surface area contributed by atoms with Gasteiger partial charge in [-0.1, -0.05) is 149 Å². The van der Waals surface area contributed by atoms with Gasteiger partial charge in [-0.3, -0.25) is 0 Å². The first-order chi connectivity index (χ1) is 28.3. The molecule has 0 saturated heterocycles. The van der Waals surface area contributed by atoms with Crippen LogP contribution in [-0.4, -0.2) is 4.57 Å². The average Bonchev–Trinajstić information content (AvgIpc) is 3.59. The zero-order chi connectivity index (χ0) is 38.9. The van der Waals surface area contributed by atoms with Crippen molar-refractivity contribution in [2.75, 3.05) is 4.90 Å². The molecule has 0 fully saturated rings. The highest BCUT2D eigenvalue weighted by atomic mass is 15.1. The Labute approximate surface area is 339 Å². The van der Waals surface area contributed by atoms with Crippen molar-refractivity contribution in [3.63, 3.8) is 0 Å². The number of fused-ring (bicyclic) bond motifs is 3. The van der Waals surface area contributed by atoms with Crippen molar-refractivity contribution in [3.8, 4) is 27.9 Å². The van der Waals surface area contributed by atoms with Crippen molar-refractivity contribution in [1.82, 2.24) is 4.57 Å². The van der Waals surface area contributed by atoms with Crippen LogP contribution in [0.1, 0.15) is 49.9 Å². The summed E-state index contributed by atoms with van der Waals surface area (Å²) in [5.41, 5.74) is 17.7. The smallest absolute Gasteiger partial charge is 0.0582 e. The average molecular weight is 743 g/mol. The third-order valence-electron chi connectivity index (χ3n) is 13.5. The molecule has 0 saturated carbocycles. The highest BCUT2D eigenvalue weighted by molar-refractivity contribution is 6.16. The molecule has 0 aliphatic carbocycles. The van der Waals surface area contributed by atoms with Crippen LogP contribution in [0.25, 0.3) is 71.3 Å². The summed E-state index contributed by atoms with van der Waals surface area (Å²) in [6.07, 6.45) is 0. The first-order valence-corrected chi connectivity index (χ1v) is 20.5. The van der Waals surface area contributed by atoms with Gasteiger partial charge in [0, 0.05) is 38.7 Å². The van der Waals surface area contributed by atoms with Crippen molar-refractivity contribution in [2.24, 2.45) is 0 Å². The Morgan fingerprint density at radius 1 is 0.345 bits per heavy atom. The zero-order valence-electron chi connectivity index (χ0n) is 33.2. The highest BCUT2D eigenvalue weighted by Crippen LogP contribution is 2.56. The van der Waals surface area contributed by atoms with Gasteiger partial charge in [0.15, 0.2) is 0 Å². The minimum Gasteiger partial charge on any atom is -0.310 e. The van der Waals surface area contributed by atoms with Crippen LogP contribution in [0.5, 0.6) is 0 Å². The lowest BCUT2D eigenvalue weighted by Gasteiger charge is -2.42. The molecule has 2 aliphatic rings. The van der Waals surface area contributed by atoms with Gasteiger partial charge in [0.2, 0.25) is 0 Å². The fourth-order valence-corrected chi connectivity index (χ4v) is 10.4. The predicted molar refractivity (Wildman–Crippen MR) is 246 cm³/mol. The van der Waals surface area contributed by atoms with E-state index in [4.69, 9.17) is 0 Å². The molecule has 2 aliphatic heterocycles. The third-order valence-corrected chi connectivity index (χ3v) is 13.5. The fraction of sp³-hybridized carbons (Fsp3) is 0.107. The molecule has 2 nitrogen and oxygen atoms in total. The van der Waals surface area contributed by atoms with Gasteiger partial charge in [-0.2, -0.15) is 0 Å². The first kappa shape index (κ1) is 33.3. The van der Waals surface area contributed by atoms with E-state index in [9.17, 15) is 0 Å². The van der Waals surface area contributed by atoms with Crippen LogP contribution in [0, 0.1) is 0 Å². The Bertz CT molecular complexity index is 3250. The van der Waals surface area contributed by atoms with Crippen molar-refractivity contribution in [3.05, 3.63) is 204 Å². The molecule has 2 heteroatoms. The fourth-order valence-electron chi connectivity index (χ4n) is 10.4. The minimum absolute atomic E-state index is 0.160. The Morgan fingerprint density at radius 2 is 0.793 bits per heavy atom. The molecular weight excluding hydrogens is 701 g/mol. The van der Waals surface area contributed by atoms with Gasteiger partial charge >= 0.3 is 0 Å². The summed E-state index contributed by atoms with van der Waals surface area (Å²) in [4.78, 5) is 2.39. The second-order valence-electron chi connectivity index (χ2n) is 17.4. The molecule has 0 amide bonds. The van der Waals surface area contributed by atoms with E-state index >= 15 is 0 Å². The largest absolute Gasteiger partial charge is 0.310 e. The summed E-state index contributed by atoms with van der Waals surface area (Å²) in [5, 5.41) is 7.59. The van der Waals surface area contributed by atoms with Crippen LogP contribution >= 0.6 is 0 Å². The third kappa shape index (κ3) is 4.60. The SMILES string of the molecule is CC1(C)c2cccc3c2-n2c4c1cc(-c1ccccc1)cc4c1cc(-c4ccc(N(c5ccc6ccccc6c5)c5ccc6ccccc6c5)cc4)cc(c12)C3(C)C. The van der Waals surface area contributed by atoms with Gasteiger partial charge in [-0.15, -0.1) is 0 Å². The van der Waals surface area contributed by atoms with Gasteiger partial charge in [-0.25, -0.2) is 0 Å². The van der Waals surface area contributed by atoms with E-state index in [0.717, 1.165) is 17.1 Å². The molecular formula is C56H42N2. The number of nitrogens with zero attached hydrogens (tertiary/aromatic N) is 2. The molecule has 58 heavy (non-hydrogen) atoms. The van der Waals surface area contributed by atoms with Gasteiger partial charge in [-0.05, 0) is 127 Å². The Morgan fingerprint density at radius 3 is 1.31 bits per heavy atom. The lowest BCUT2D eigenvalue weighted by atomic mass is 9.68. The van der Waals surface area contributed by atoms with Crippen molar-refractivity contribution >= 4 is 60.4 Å². The van der Waals surface area contributed by atoms with E-state index in [1.54, 1.807) is 0 Å². The molecule has 1 aromatic heterocycles. The lowest BCUT2D eigenvalue weighted by Crippen LogP contribution is -2.33. The van der Waals surface area contributed by atoms with Crippen molar-refractivity contribution in [1.29, 1.82) is 0 Å². The van der Waals surface area contributed by atoms with E-state index in [1.165, 1.54) is 93.5 Å². The van der Waals surface area contributed by atoms with E-state index < -0.39 is 0 Å². The first-order valence-electron chi connectivity index (χ1n) is 20.5. The minimum atomic E-state index is -0.192. The molecule has 0 spiro atoms.